The monoisotopic (exact) mass is 491 g/mol. The predicted molar refractivity (Wildman–Crippen MR) is 128 cm³/mol. The number of pyridine rings is 1. The van der Waals surface area contributed by atoms with Gasteiger partial charge in [-0.3, -0.25) is 0 Å². The topological polar surface area (TPSA) is 113 Å². The number of rotatable bonds is 7. The Balaban J connectivity index is 1.72. The fourth-order valence-corrected chi connectivity index (χ4v) is 4.63. The van der Waals surface area contributed by atoms with E-state index in [1.54, 1.807) is 48.7 Å². The van der Waals surface area contributed by atoms with Gasteiger partial charge in [0.1, 0.15) is 22.5 Å². The highest BCUT2D eigenvalue weighted by molar-refractivity contribution is 7.00. The maximum absolute atomic E-state index is 13.3. The van der Waals surface area contributed by atoms with Crippen molar-refractivity contribution in [2.24, 2.45) is 0 Å². The van der Waals surface area contributed by atoms with Gasteiger partial charge in [0.05, 0.1) is 44.2 Å². The van der Waals surface area contributed by atoms with Crippen molar-refractivity contribution in [3.05, 3.63) is 77.0 Å². The number of ether oxygens (including phenoxy) is 4. The Labute approximate surface area is 204 Å². The molecule has 178 valence electrons. The van der Waals surface area contributed by atoms with Gasteiger partial charge in [0.15, 0.2) is 0 Å². The molecule has 1 unspecified atom stereocenters. The minimum absolute atomic E-state index is 0.169. The number of esters is 1. The van der Waals surface area contributed by atoms with Crippen LogP contribution in [-0.2, 0) is 21.7 Å². The molecule has 0 spiro atoms. The Hall–Kier alpha value is -4.02. The summed E-state index contributed by atoms with van der Waals surface area (Å²) in [5.41, 5.74) is 3.49. The largest absolute Gasteiger partial charge is 0.497 e. The Kier molecular flexibility index (Phi) is 5.83. The van der Waals surface area contributed by atoms with Gasteiger partial charge in [-0.1, -0.05) is 12.1 Å². The third-order valence-corrected chi connectivity index (χ3v) is 6.41. The predicted octanol–water partition coefficient (Wildman–Crippen LogP) is 3.51. The van der Waals surface area contributed by atoms with E-state index >= 15 is 0 Å². The maximum Gasteiger partial charge on any atom is 0.342 e. The molecule has 2 aromatic carbocycles. The van der Waals surface area contributed by atoms with Crippen molar-refractivity contribution in [1.29, 1.82) is 0 Å². The summed E-state index contributed by atoms with van der Waals surface area (Å²) in [7, 11) is 4.52. The van der Waals surface area contributed by atoms with Gasteiger partial charge in [-0.05, 0) is 41.5 Å². The quantitative estimate of drug-likeness (QED) is 0.388. The van der Waals surface area contributed by atoms with E-state index in [0.29, 0.717) is 34.0 Å². The standard InChI is InChI=1S/C25H21N3O6S/c1-31-16-6-8-21(32-2)17(12-16)25(30)18(10-14-4-9-22(33-3)26-13-14)23(24(29)34-25)15-5-7-19-20(11-15)28-35-27-19/h4-9,11-13,30H,10H2,1-3H3. The number of hydrogen-bond donors (Lipinski definition) is 1. The van der Waals surface area contributed by atoms with Crippen molar-refractivity contribution in [1.82, 2.24) is 13.7 Å². The minimum atomic E-state index is -2.11. The van der Waals surface area contributed by atoms with E-state index in [1.165, 1.54) is 21.3 Å². The van der Waals surface area contributed by atoms with Crippen LogP contribution in [0.4, 0.5) is 0 Å². The summed E-state index contributed by atoms with van der Waals surface area (Å²) in [5.74, 6) is -1.52. The molecule has 0 saturated carbocycles. The number of cyclic esters (lactones) is 1. The molecule has 0 bridgehead atoms. The van der Waals surface area contributed by atoms with E-state index in [-0.39, 0.29) is 17.6 Å². The van der Waals surface area contributed by atoms with Crippen LogP contribution in [0.1, 0.15) is 16.7 Å². The van der Waals surface area contributed by atoms with Crippen molar-refractivity contribution in [2.45, 2.75) is 12.2 Å². The first-order valence-electron chi connectivity index (χ1n) is 10.6. The van der Waals surface area contributed by atoms with Gasteiger partial charge in [0.2, 0.25) is 5.88 Å². The number of fused-ring (bicyclic) bond motifs is 1. The number of methoxy groups -OCH3 is 3. The second kappa shape index (κ2) is 8.97. The lowest BCUT2D eigenvalue weighted by Gasteiger charge is -2.27. The van der Waals surface area contributed by atoms with Crippen LogP contribution in [0, 0.1) is 0 Å². The molecule has 0 saturated heterocycles. The van der Waals surface area contributed by atoms with E-state index in [4.69, 9.17) is 18.9 Å². The van der Waals surface area contributed by atoms with Crippen molar-refractivity contribution in [2.75, 3.05) is 21.3 Å². The molecule has 0 amide bonds. The summed E-state index contributed by atoms with van der Waals surface area (Å²) < 4.78 is 30.2. The second-order valence-electron chi connectivity index (χ2n) is 7.81. The van der Waals surface area contributed by atoms with Crippen LogP contribution in [0.15, 0.2) is 60.3 Å². The molecule has 35 heavy (non-hydrogen) atoms. The van der Waals surface area contributed by atoms with Crippen LogP contribution in [-0.4, -0.2) is 46.1 Å². The number of aliphatic hydroxyl groups is 1. The Morgan fingerprint density at radius 1 is 0.971 bits per heavy atom. The highest BCUT2D eigenvalue weighted by Crippen LogP contribution is 2.48. The lowest BCUT2D eigenvalue weighted by molar-refractivity contribution is -0.185. The van der Waals surface area contributed by atoms with Crippen LogP contribution in [0.3, 0.4) is 0 Å². The van der Waals surface area contributed by atoms with E-state index in [1.807, 2.05) is 6.07 Å². The lowest BCUT2D eigenvalue weighted by atomic mass is 9.88. The molecule has 4 aromatic rings. The number of hydrogen-bond acceptors (Lipinski definition) is 10. The fraction of sp³-hybridized carbons (Fsp3) is 0.200. The molecule has 2 aromatic heterocycles. The van der Waals surface area contributed by atoms with Crippen LogP contribution < -0.4 is 14.2 Å². The minimum Gasteiger partial charge on any atom is -0.497 e. The van der Waals surface area contributed by atoms with Gasteiger partial charge in [0, 0.05) is 24.3 Å². The zero-order valence-electron chi connectivity index (χ0n) is 19.1. The van der Waals surface area contributed by atoms with E-state index in [0.717, 1.165) is 22.8 Å². The molecule has 0 aliphatic carbocycles. The van der Waals surface area contributed by atoms with E-state index in [9.17, 15) is 9.90 Å². The van der Waals surface area contributed by atoms with Crippen LogP contribution >= 0.6 is 11.7 Å². The molecular formula is C25H21N3O6S. The second-order valence-corrected chi connectivity index (χ2v) is 8.34. The first-order valence-corrected chi connectivity index (χ1v) is 11.3. The van der Waals surface area contributed by atoms with Gasteiger partial charge in [-0.2, -0.15) is 8.75 Å². The number of carbonyl (C=O) groups excluding carboxylic acids is 1. The van der Waals surface area contributed by atoms with E-state index < -0.39 is 11.8 Å². The maximum atomic E-state index is 13.3. The normalized spacial score (nSPS) is 17.5. The van der Waals surface area contributed by atoms with Gasteiger partial charge < -0.3 is 24.1 Å². The summed E-state index contributed by atoms with van der Waals surface area (Å²) in [6.45, 7) is 0. The molecule has 10 heteroatoms. The number of aromatic nitrogens is 3. The summed E-state index contributed by atoms with van der Waals surface area (Å²) in [4.78, 5) is 17.6. The summed E-state index contributed by atoms with van der Waals surface area (Å²) in [6.07, 6.45) is 1.80. The highest BCUT2D eigenvalue weighted by Gasteiger charge is 2.50. The zero-order chi connectivity index (χ0) is 24.6. The third-order valence-electron chi connectivity index (χ3n) is 5.86. The number of carbonyl (C=O) groups is 1. The molecule has 0 radical (unpaired) electrons. The molecule has 0 fully saturated rings. The average Bonchev–Trinajstić information content (AvgIpc) is 3.45. The number of nitrogens with zero attached hydrogens (tertiary/aromatic N) is 3. The van der Waals surface area contributed by atoms with Crippen molar-refractivity contribution in [3.63, 3.8) is 0 Å². The van der Waals surface area contributed by atoms with Gasteiger partial charge >= 0.3 is 5.97 Å². The molecule has 1 aliphatic heterocycles. The Bertz CT molecular complexity index is 1450. The van der Waals surface area contributed by atoms with Crippen LogP contribution in [0.5, 0.6) is 17.4 Å². The summed E-state index contributed by atoms with van der Waals surface area (Å²) >= 11 is 1.09. The first-order chi connectivity index (χ1) is 17.0. The molecule has 1 aliphatic rings. The Morgan fingerprint density at radius 3 is 2.51 bits per heavy atom. The fourth-order valence-electron chi connectivity index (χ4n) is 4.11. The lowest BCUT2D eigenvalue weighted by Crippen LogP contribution is -2.30. The number of benzene rings is 2. The SMILES string of the molecule is COc1ccc(OC)c(C2(O)OC(=O)C(c3ccc4nsnc4c3)=C2Cc2ccc(OC)nc2)c1. The molecule has 1 N–H and O–H groups in total. The first kappa shape index (κ1) is 22.8. The van der Waals surface area contributed by atoms with Crippen LogP contribution in [0.25, 0.3) is 16.6 Å². The van der Waals surface area contributed by atoms with Gasteiger partial charge in [-0.15, -0.1) is 0 Å². The van der Waals surface area contributed by atoms with Gasteiger partial charge in [0.25, 0.3) is 5.79 Å². The third kappa shape index (κ3) is 3.96. The molecular weight excluding hydrogens is 470 g/mol. The highest BCUT2D eigenvalue weighted by atomic mass is 32.1. The van der Waals surface area contributed by atoms with Gasteiger partial charge in [-0.25, -0.2) is 9.78 Å². The molecule has 5 rings (SSSR count). The summed E-state index contributed by atoms with van der Waals surface area (Å²) in [5, 5.41) is 12.0. The van der Waals surface area contributed by atoms with Crippen molar-refractivity contribution in [3.8, 4) is 17.4 Å². The molecule has 9 nitrogen and oxygen atoms in total. The molecule has 3 heterocycles. The van der Waals surface area contributed by atoms with E-state index in [2.05, 4.69) is 13.7 Å². The summed E-state index contributed by atoms with van der Waals surface area (Å²) in [6, 6.07) is 13.8. The average molecular weight is 492 g/mol. The Morgan fingerprint density at radius 2 is 1.80 bits per heavy atom. The van der Waals surface area contributed by atoms with Crippen molar-refractivity contribution < 1.29 is 28.8 Å². The zero-order valence-corrected chi connectivity index (χ0v) is 20.0. The molecule has 1 atom stereocenters. The smallest absolute Gasteiger partial charge is 0.342 e. The van der Waals surface area contributed by atoms with Crippen molar-refractivity contribution >= 4 is 34.3 Å². The van der Waals surface area contributed by atoms with Crippen LogP contribution in [0.2, 0.25) is 0 Å².